The molecule has 0 bridgehead atoms. The van der Waals surface area contributed by atoms with Gasteiger partial charge in [-0.1, -0.05) is 30.3 Å². The van der Waals surface area contributed by atoms with Crippen LogP contribution in [0.2, 0.25) is 0 Å². The van der Waals surface area contributed by atoms with E-state index in [0.717, 1.165) is 17.7 Å². The lowest BCUT2D eigenvalue weighted by Crippen LogP contribution is -2.49. The van der Waals surface area contributed by atoms with E-state index in [-0.39, 0.29) is 18.1 Å². The number of rotatable bonds is 6. The number of amides is 2. The fourth-order valence-electron chi connectivity index (χ4n) is 3.91. The van der Waals surface area contributed by atoms with Crippen molar-refractivity contribution >= 4 is 11.6 Å². The van der Waals surface area contributed by atoms with E-state index in [2.05, 4.69) is 0 Å². The van der Waals surface area contributed by atoms with Crippen molar-refractivity contribution in [1.29, 1.82) is 0 Å². The van der Waals surface area contributed by atoms with E-state index in [0.29, 0.717) is 25.0 Å². The largest absolute Gasteiger partial charge is 0.385 e. The van der Waals surface area contributed by atoms with Gasteiger partial charge in [-0.2, -0.15) is 0 Å². The Morgan fingerprint density at radius 3 is 2.55 bits per heavy atom. The predicted molar refractivity (Wildman–Crippen MR) is 109 cm³/mol. The fraction of sp³-hybridized carbons (Fsp3) is 0.348. The molecular weight excluding hydrogens is 374 g/mol. The molecule has 0 aliphatic carbocycles. The molecule has 0 radical (unpaired) electrons. The minimum atomic E-state index is -0.769. The maximum Gasteiger partial charge on any atom is 0.320 e. The highest BCUT2D eigenvalue weighted by Crippen LogP contribution is 2.44. The maximum absolute atomic E-state index is 14.5. The number of methoxy groups -OCH3 is 1. The molecule has 2 aromatic rings. The summed E-state index contributed by atoms with van der Waals surface area (Å²) >= 11 is 0. The van der Waals surface area contributed by atoms with Crippen LogP contribution >= 0.6 is 0 Å². The highest BCUT2D eigenvalue weighted by Gasteiger charge is 2.45. The molecule has 0 aromatic heterocycles. The van der Waals surface area contributed by atoms with Crippen molar-refractivity contribution in [3.63, 3.8) is 0 Å². The molecule has 154 valence electrons. The second kappa shape index (κ2) is 8.74. The Balaban J connectivity index is 2.16. The average molecular weight is 400 g/mol. The van der Waals surface area contributed by atoms with Gasteiger partial charge in [-0.3, -0.25) is 0 Å². The smallest absolute Gasteiger partial charge is 0.320 e. The lowest BCUT2D eigenvalue weighted by Gasteiger charge is -2.40. The minimum absolute atomic E-state index is 0.186. The van der Waals surface area contributed by atoms with Gasteiger partial charge < -0.3 is 14.5 Å². The molecule has 1 aliphatic rings. The van der Waals surface area contributed by atoms with Gasteiger partial charge in [-0.15, -0.1) is 0 Å². The summed E-state index contributed by atoms with van der Waals surface area (Å²) < 4.78 is 33.6. The summed E-state index contributed by atoms with van der Waals surface area (Å²) in [5.74, 6) is -1.01. The number of hydrogen-bond donors (Lipinski definition) is 0. The van der Waals surface area contributed by atoms with Gasteiger partial charge in [-0.05, 0) is 48.3 Å². The summed E-state index contributed by atoms with van der Waals surface area (Å²) in [6.45, 7) is 0.731. The van der Waals surface area contributed by atoms with Gasteiger partial charge in [0.2, 0.25) is 0 Å². The first kappa shape index (κ1) is 21.0. The first-order valence-corrected chi connectivity index (χ1v) is 9.59. The molecule has 1 heterocycles. The summed E-state index contributed by atoms with van der Waals surface area (Å²) in [5, 5.41) is 0. The van der Waals surface area contributed by atoms with Crippen LogP contribution in [0.1, 0.15) is 24.0 Å². The Labute approximate surface area is 170 Å². The molecule has 29 heavy (non-hydrogen) atoms. The van der Waals surface area contributed by atoms with Crippen molar-refractivity contribution < 1.29 is 18.3 Å². The first-order chi connectivity index (χ1) is 13.9. The van der Waals surface area contributed by atoms with Crippen molar-refractivity contribution in [1.82, 2.24) is 9.80 Å². The first-order valence-electron chi connectivity index (χ1n) is 9.59. The molecule has 0 saturated heterocycles. The van der Waals surface area contributed by atoms with Crippen LogP contribution in [0.4, 0.5) is 13.6 Å². The van der Waals surface area contributed by atoms with Crippen LogP contribution in [-0.2, 0) is 10.3 Å². The number of ether oxygens (including phenoxy) is 1. The second-order valence-electron chi connectivity index (χ2n) is 7.44. The van der Waals surface area contributed by atoms with E-state index < -0.39 is 17.2 Å². The fourth-order valence-corrected chi connectivity index (χ4v) is 3.91. The Bertz CT molecular complexity index is 899. The minimum Gasteiger partial charge on any atom is -0.385 e. The molecule has 2 aromatic carbocycles. The van der Waals surface area contributed by atoms with E-state index in [1.54, 1.807) is 26.1 Å². The Morgan fingerprint density at radius 2 is 1.90 bits per heavy atom. The molecule has 0 N–H and O–H groups in total. The summed E-state index contributed by atoms with van der Waals surface area (Å²) in [5.41, 5.74) is 0.942. The van der Waals surface area contributed by atoms with Gasteiger partial charge in [0.25, 0.3) is 0 Å². The number of carbonyl (C=O) groups is 1. The Morgan fingerprint density at radius 1 is 1.17 bits per heavy atom. The van der Waals surface area contributed by atoms with Crippen LogP contribution in [-0.4, -0.2) is 50.2 Å². The third kappa shape index (κ3) is 4.17. The normalized spacial score (nSPS) is 18.7. The third-order valence-electron chi connectivity index (χ3n) is 5.29. The molecule has 1 aliphatic heterocycles. The average Bonchev–Trinajstić information content (AvgIpc) is 3.10. The summed E-state index contributed by atoms with van der Waals surface area (Å²) in [4.78, 5) is 16.4. The Hall–Kier alpha value is -2.73. The van der Waals surface area contributed by atoms with E-state index >= 15 is 0 Å². The highest BCUT2D eigenvalue weighted by atomic mass is 19.1. The van der Waals surface area contributed by atoms with Crippen molar-refractivity contribution in [2.24, 2.45) is 0 Å². The third-order valence-corrected chi connectivity index (χ3v) is 5.29. The van der Waals surface area contributed by atoms with Crippen LogP contribution in [0.3, 0.4) is 0 Å². The van der Waals surface area contributed by atoms with Crippen molar-refractivity contribution in [3.8, 4) is 0 Å². The molecule has 0 spiro atoms. The van der Waals surface area contributed by atoms with Gasteiger partial charge in [0, 0.05) is 39.9 Å². The van der Waals surface area contributed by atoms with Crippen LogP contribution in [0.25, 0.3) is 5.57 Å². The SMILES string of the molecule is COCCCC1(c2ccccc2)C=C(c2cc(F)ccc2F)CN1C(=O)N(C)C. The van der Waals surface area contributed by atoms with Gasteiger partial charge in [0.15, 0.2) is 0 Å². The summed E-state index contributed by atoms with van der Waals surface area (Å²) in [6, 6.07) is 12.9. The molecular formula is C23H26F2N2O2. The molecule has 6 heteroatoms. The number of nitrogens with zero attached hydrogens (tertiary/aromatic N) is 2. The quantitative estimate of drug-likeness (QED) is 0.661. The summed E-state index contributed by atoms with van der Waals surface area (Å²) in [6.07, 6.45) is 3.22. The zero-order valence-electron chi connectivity index (χ0n) is 17.0. The van der Waals surface area contributed by atoms with Gasteiger partial charge in [0.05, 0.1) is 5.54 Å². The topological polar surface area (TPSA) is 32.8 Å². The van der Waals surface area contributed by atoms with Gasteiger partial charge in [-0.25, -0.2) is 13.6 Å². The van der Waals surface area contributed by atoms with Crippen molar-refractivity contribution in [2.45, 2.75) is 18.4 Å². The highest BCUT2D eigenvalue weighted by molar-refractivity contribution is 5.83. The van der Waals surface area contributed by atoms with E-state index in [1.165, 1.54) is 11.0 Å². The van der Waals surface area contributed by atoms with Crippen LogP contribution in [0.15, 0.2) is 54.6 Å². The zero-order valence-corrected chi connectivity index (χ0v) is 17.0. The second-order valence-corrected chi connectivity index (χ2v) is 7.44. The molecule has 0 fully saturated rings. The standard InChI is InChI=1S/C23H26F2N2O2/c1-26(2)22(28)27-16-17(20-14-19(24)10-11-21(20)25)15-23(27,12-7-13-29-3)18-8-5-4-6-9-18/h4-6,8-11,14-15H,7,12-13,16H2,1-3H3. The van der Waals surface area contributed by atoms with Crippen molar-refractivity contribution in [2.75, 3.05) is 34.4 Å². The van der Waals surface area contributed by atoms with Gasteiger partial charge in [0.1, 0.15) is 11.6 Å². The monoisotopic (exact) mass is 400 g/mol. The molecule has 0 saturated carbocycles. The number of benzene rings is 2. The van der Waals surface area contributed by atoms with E-state index in [9.17, 15) is 13.6 Å². The van der Waals surface area contributed by atoms with Crippen LogP contribution in [0, 0.1) is 11.6 Å². The van der Waals surface area contributed by atoms with Crippen LogP contribution < -0.4 is 0 Å². The predicted octanol–water partition coefficient (Wildman–Crippen LogP) is 4.67. The molecule has 1 unspecified atom stereocenters. The lowest BCUT2D eigenvalue weighted by molar-refractivity contribution is 0.119. The summed E-state index contributed by atoms with van der Waals surface area (Å²) in [7, 11) is 5.01. The number of carbonyl (C=O) groups excluding carboxylic acids is 1. The molecule has 1 atom stereocenters. The van der Waals surface area contributed by atoms with Crippen LogP contribution in [0.5, 0.6) is 0 Å². The van der Waals surface area contributed by atoms with Crippen molar-refractivity contribution in [3.05, 3.63) is 77.4 Å². The molecule has 4 nitrogen and oxygen atoms in total. The zero-order chi connectivity index (χ0) is 21.0. The maximum atomic E-state index is 14.5. The van der Waals surface area contributed by atoms with E-state index in [4.69, 9.17) is 4.74 Å². The lowest BCUT2D eigenvalue weighted by atomic mass is 9.84. The molecule has 3 rings (SSSR count). The van der Waals surface area contributed by atoms with E-state index in [1.807, 2.05) is 36.4 Å². The number of hydrogen-bond acceptors (Lipinski definition) is 2. The Kier molecular flexibility index (Phi) is 6.33. The number of urea groups is 1. The van der Waals surface area contributed by atoms with Gasteiger partial charge >= 0.3 is 6.03 Å². The molecule has 2 amide bonds. The number of halogens is 2.